The number of nitrogens with zero attached hydrogens (tertiary/aromatic N) is 1. The van der Waals surface area contributed by atoms with E-state index >= 15 is 0 Å². The van der Waals surface area contributed by atoms with Crippen molar-refractivity contribution in [3.8, 4) is 0 Å². The van der Waals surface area contributed by atoms with Gasteiger partial charge in [-0.3, -0.25) is 0 Å². The van der Waals surface area contributed by atoms with E-state index < -0.39 is 0 Å². The molecule has 75 valence electrons. The predicted octanol–water partition coefficient (Wildman–Crippen LogP) is 3.22. The van der Waals surface area contributed by atoms with Gasteiger partial charge < -0.3 is 0 Å². The Labute approximate surface area is 94.6 Å². The van der Waals surface area contributed by atoms with Crippen LogP contribution in [0.1, 0.15) is 5.56 Å². The lowest BCUT2D eigenvalue weighted by Crippen LogP contribution is -1.88. The fourth-order valence-electron chi connectivity index (χ4n) is 1.31. The summed E-state index contributed by atoms with van der Waals surface area (Å²) in [4.78, 5) is 4.15. The molecule has 0 aliphatic rings. The van der Waals surface area contributed by atoms with Gasteiger partial charge in [0.15, 0.2) is 0 Å². The van der Waals surface area contributed by atoms with Gasteiger partial charge in [-0.25, -0.2) is 4.98 Å². The van der Waals surface area contributed by atoms with Crippen molar-refractivity contribution in [2.75, 3.05) is 5.75 Å². The standard InChI is InChI=1S/C13H12NS/c1-2-6-12(7-3-1)9-11-15-13-8-4-5-10-14-13/h1-8H,9,11H2. The third kappa shape index (κ3) is 3.40. The molecule has 0 unspecified atom stereocenters. The van der Waals surface area contributed by atoms with Crippen molar-refractivity contribution in [3.05, 3.63) is 60.3 Å². The van der Waals surface area contributed by atoms with E-state index in [9.17, 15) is 0 Å². The molecule has 0 spiro atoms. The maximum absolute atomic E-state index is 4.15. The normalized spacial score (nSPS) is 10.1. The molecule has 1 aromatic carbocycles. The van der Waals surface area contributed by atoms with Crippen LogP contribution in [0.4, 0.5) is 0 Å². The number of thioether (sulfide) groups is 1. The van der Waals surface area contributed by atoms with Gasteiger partial charge in [0.2, 0.25) is 0 Å². The van der Waals surface area contributed by atoms with Crippen molar-refractivity contribution < 1.29 is 0 Å². The molecule has 0 saturated carbocycles. The zero-order valence-electron chi connectivity index (χ0n) is 8.39. The summed E-state index contributed by atoms with van der Waals surface area (Å²) in [5.41, 5.74) is 1.38. The van der Waals surface area contributed by atoms with Gasteiger partial charge in [-0.2, -0.15) is 0 Å². The fraction of sp³-hybridized carbons (Fsp3) is 0.154. The lowest BCUT2D eigenvalue weighted by molar-refractivity contribution is 1.10. The first-order chi connectivity index (χ1) is 7.45. The zero-order chi connectivity index (χ0) is 10.3. The minimum Gasteiger partial charge on any atom is -0.240 e. The molecule has 0 aliphatic carbocycles. The molecule has 0 bridgehead atoms. The van der Waals surface area contributed by atoms with E-state index in [0.717, 1.165) is 17.2 Å². The Morgan fingerprint density at radius 2 is 1.93 bits per heavy atom. The topological polar surface area (TPSA) is 12.9 Å². The Bertz CT molecular complexity index is 346. The Balaban J connectivity index is 1.81. The number of aromatic nitrogens is 1. The molecule has 1 nitrogen and oxygen atoms in total. The minimum absolute atomic E-state index is 1.05. The molecule has 1 heterocycles. The Kier molecular flexibility index (Phi) is 3.80. The SMILES string of the molecule is [c]1cccc(SCCc2ccccc2)n1. The Hall–Kier alpha value is -1.28. The molecule has 0 aliphatic heterocycles. The first-order valence-electron chi connectivity index (χ1n) is 4.95. The highest BCUT2D eigenvalue weighted by Crippen LogP contribution is 2.15. The van der Waals surface area contributed by atoms with E-state index in [0.29, 0.717) is 0 Å². The lowest BCUT2D eigenvalue weighted by Gasteiger charge is -2.00. The second-order valence-electron chi connectivity index (χ2n) is 3.19. The van der Waals surface area contributed by atoms with E-state index in [4.69, 9.17) is 0 Å². The predicted molar refractivity (Wildman–Crippen MR) is 63.9 cm³/mol. The summed E-state index contributed by atoms with van der Waals surface area (Å²) in [6.45, 7) is 0. The smallest absolute Gasteiger partial charge is 0.0968 e. The number of rotatable bonds is 4. The molecule has 1 radical (unpaired) electrons. The lowest BCUT2D eigenvalue weighted by atomic mass is 10.2. The average molecular weight is 214 g/mol. The molecule has 2 aromatic rings. The van der Waals surface area contributed by atoms with E-state index in [1.54, 1.807) is 11.8 Å². The summed E-state index contributed by atoms with van der Waals surface area (Å²) in [5.74, 6) is 1.06. The van der Waals surface area contributed by atoms with Crippen LogP contribution in [0.25, 0.3) is 0 Å². The highest BCUT2D eigenvalue weighted by molar-refractivity contribution is 7.99. The molecular weight excluding hydrogens is 202 g/mol. The number of hydrogen-bond acceptors (Lipinski definition) is 2. The van der Waals surface area contributed by atoms with Gasteiger partial charge in [0.05, 0.1) is 11.2 Å². The van der Waals surface area contributed by atoms with E-state index in [2.05, 4.69) is 35.4 Å². The second kappa shape index (κ2) is 5.56. The third-order valence-corrected chi connectivity index (χ3v) is 3.00. The van der Waals surface area contributed by atoms with Crippen LogP contribution in [0.2, 0.25) is 0 Å². The quantitative estimate of drug-likeness (QED) is 0.725. The van der Waals surface area contributed by atoms with Crippen molar-refractivity contribution in [2.45, 2.75) is 11.4 Å². The van der Waals surface area contributed by atoms with Crippen molar-refractivity contribution in [1.29, 1.82) is 0 Å². The van der Waals surface area contributed by atoms with Crippen LogP contribution in [0.3, 0.4) is 0 Å². The molecule has 2 rings (SSSR count). The van der Waals surface area contributed by atoms with Crippen molar-refractivity contribution in [1.82, 2.24) is 4.98 Å². The first-order valence-corrected chi connectivity index (χ1v) is 5.93. The highest BCUT2D eigenvalue weighted by Gasteiger charge is 1.95. The largest absolute Gasteiger partial charge is 0.240 e. The van der Waals surface area contributed by atoms with Crippen molar-refractivity contribution >= 4 is 11.8 Å². The molecule has 1 aromatic heterocycles. The van der Waals surface area contributed by atoms with Gasteiger partial charge in [0.1, 0.15) is 0 Å². The van der Waals surface area contributed by atoms with Crippen LogP contribution >= 0.6 is 11.8 Å². The fourth-order valence-corrected chi connectivity index (χ4v) is 2.15. The summed E-state index contributed by atoms with van der Waals surface area (Å²) in [7, 11) is 0. The molecule has 0 N–H and O–H groups in total. The maximum atomic E-state index is 4.15. The van der Waals surface area contributed by atoms with E-state index in [-0.39, 0.29) is 0 Å². The van der Waals surface area contributed by atoms with Crippen LogP contribution in [0, 0.1) is 6.20 Å². The summed E-state index contributed by atoms with van der Waals surface area (Å²) in [6, 6.07) is 16.3. The summed E-state index contributed by atoms with van der Waals surface area (Å²) in [5, 5.41) is 1.05. The number of benzene rings is 1. The van der Waals surface area contributed by atoms with Gasteiger partial charge in [0.25, 0.3) is 0 Å². The average Bonchev–Trinajstić information content (AvgIpc) is 2.32. The molecule has 2 heteroatoms. The summed E-state index contributed by atoms with van der Waals surface area (Å²) < 4.78 is 0. The molecule has 15 heavy (non-hydrogen) atoms. The van der Waals surface area contributed by atoms with Crippen LogP contribution in [-0.4, -0.2) is 10.7 Å². The van der Waals surface area contributed by atoms with E-state index in [1.165, 1.54) is 5.56 Å². The summed E-state index contributed by atoms with van der Waals surface area (Å²) in [6.07, 6.45) is 3.92. The van der Waals surface area contributed by atoms with Crippen molar-refractivity contribution in [2.24, 2.45) is 0 Å². The van der Waals surface area contributed by atoms with Crippen molar-refractivity contribution in [3.63, 3.8) is 0 Å². The van der Waals surface area contributed by atoms with Gasteiger partial charge in [0, 0.05) is 5.75 Å². The van der Waals surface area contributed by atoms with Gasteiger partial charge in [-0.15, -0.1) is 11.8 Å². The van der Waals surface area contributed by atoms with E-state index in [1.807, 2.05) is 24.3 Å². The number of aryl methyl sites for hydroxylation is 1. The molecule has 0 fully saturated rings. The first kappa shape index (κ1) is 10.2. The Morgan fingerprint density at radius 1 is 1.07 bits per heavy atom. The highest BCUT2D eigenvalue weighted by atomic mass is 32.2. The molecular formula is C13H12NS. The monoisotopic (exact) mass is 214 g/mol. The zero-order valence-corrected chi connectivity index (χ0v) is 9.20. The number of pyridine rings is 1. The minimum atomic E-state index is 1.05. The van der Waals surface area contributed by atoms with Crippen LogP contribution in [-0.2, 0) is 6.42 Å². The van der Waals surface area contributed by atoms with Gasteiger partial charge in [-0.1, -0.05) is 36.4 Å². The molecule has 0 amide bonds. The third-order valence-electron chi connectivity index (χ3n) is 2.07. The van der Waals surface area contributed by atoms with Gasteiger partial charge >= 0.3 is 0 Å². The summed E-state index contributed by atoms with van der Waals surface area (Å²) >= 11 is 1.77. The second-order valence-corrected chi connectivity index (χ2v) is 4.30. The number of hydrogen-bond donors (Lipinski definition) is 0. The Morgan fingerprint density at radius 3 is 2.67 bits per heavy atom. The van der Waals surface area contributed by atoms with Crippen LogP contribution in [0.5, 0.6) is 0 Å². The molecule has 0 saturated heterocycles. The van der Waals surface area contributed by atoms with Crippen LogP contribution in [0.15, 0.2) is 53.6 Å². The van der Waals surface area contributed by atoms with Crippen LogP contribution < -0.4 is 0 Å². The maximum Gasteiger partial charge on any atom is 0.0968 e. The van der Waals surface area contributed by atoms with Gasteiger partial charge in [-0.05, 0) is 24.1 Å². The molecule has 0 atom stereocenters.